The lowest BCUT2D eigenvalue weighted by Crippen LogP contribution is -2.33. The van der Waals surface area contributed by atoms with Gasteiger partial charge in [-0.15, -0.1) is 0 Å². The zero-order chi connectivity index (χ0) is 14.8. The highest BCUT2D eigenvalue weighted by molar-refractivity contribution is 5.96. The molecule has 0 atom stereocenters. The number of amides is 1. The van der Waals surface area contributed by atoms with Gasteiger partial charge in [0, 0.05) is 12.6 Å². The van der Waals surface area contributed by atoms with E-state index in [0.29, 0.717) is 6.54 Å². The molecule has 0 spiro atoms. The van der Waals surface area contributed by atoms with Crippen LogP contribution in [-0.2, 0) is 13.0 Å². The van der Waals surface area contributed by atoms with E-state index in [1.807, 2.05) is 0 Å². The molecule has 1 fully saturated rings. The zero-order valence-electron chi connectivity index (χ0n) is 12.0. The van der Waals surface area contributed by atoms with Crippen molar-refractivity contribution in [3.05, 3.63) is 41.1 Å². The van der Waals surface area contributed by atoms with Crippen molar-refractivity contribution in [3.8, 4) is 0 Å². The molecule has 1 heterocycles. The lowest BCUT2D eigenvalue weighted by atomic mass is 10.1. The molecular formula is C15H18N4O2. The van der Waals surface area contributed by atoms with Gasteiger partial charge in [0.15, 0.2) is 0 Å². The van der Waals surface area contributed by atoms with E-state index in [0.717, 1.165) is 24.8 Å². The van der Waals surface area contributed by atoms with Crippen LogP contribution in [-0.4, -0.2) is 27.2 Å². The standard InChI is InChI=1S/C15H18N4O2/c1-2-10-3-5-11(6-4-10)9-19(12-7-8-12)15(20)13-14(16)18-21-17-13/h3-6,12H,2,7-9H2,1H3,(H2,16,18). The van der Waals surface area contributed by atoms with Crippen LogP contribution in [0.25, 0.3) is 0 Å². The van der Waals surface area contributed by atoms with Crippen molar-refractivity contribution < 1.29 is 9.42 Å². The SMILES string of the molecule is CCc1ccc(CN(C(=O)c2nonc2N)C2CC2)cc1. The van der Waals surface area contributed by atoms with Crippen molar-refractivity contribution in [2.75, 3.05) is 5.73 Å². The van der Waals surface area contributed by atoms with E-state index in [9.17, 15) is 4.79 Å². The maximum Gasteiger partial charge on any atom is 0.280 e. The number of carbonyl (C=O) groups excluding carboxylic acids is 1. The van der Waals surface area contributed by atoms with Gasteiger partial charge in [-0.2, -0.15) is 0 Å². The monoisotopic (exact) mass is 286 g/mol. The Morgan fingerprint density at radius 3 is 2.48 bits per heavy atom. The molecule has 1 amide bonds. The van der Waals surface area contributed by atoms with Gasteiger partial charge in [-0.05, 0) is 40.7 Å². The number of hydrogen-bond donors (Lipinski definition) is 1. The number of benzene rings is 1. The Morgan fingerprint density at radius 2 is 1.95 bits per heavy atom. The van der Waals surface area contributed by atoms with Crippen molar-refractivity contribution in [1.29, 1.82) is 0 Å². The summed E-state index contributed by atoms with van der Waals surface area (Å²) in [6.45, 7) is 2.68. The summed E-state index contributed by atoms with van der Waals surface area (Å²) in [7, 11) is 0. The van der Waals surface area contributed by atoms with E-state index < -0.39 is 0 Å². The van der Waals surface area contributed by atoms with Crippen molar-refractivity contribution in [3.63, 3.8) is 0 Å². The Bertz CT molecular complexity index is 631. The van der Waals surface area contributed by atoms with E-state index >= 15 is 0 Å². The van der Waals surface area contributed by atoms with Crippen LogP contribution in [0.3, 0.4) is 0 Å². The van der Waals surface area contributed by atoms with Gasteiger partial charge in [0.1, 0.15) is 0 Å². The largest absolute Gasteiger partial charge is 0.379 e. The fourth-order valence-electron chi connectivity index (χ4n) is 2.31. The fourth-order valence-corrected chi connectivity index (χ4v) is 2.31. The minimum atomic E-state index is -0.212. The molecule has 3 rings (SSSR count). The predicted molar refractivity (Wildman–Crippen MR) is 77.4 cm³/mol. The normalized spacial score (nSPS) is 14.1. The number of aryl methyl sites for hydroxylation is 1. The molecule has 6 heteroatoms. The molecule has 1 aromatic carbocycles. The van der Waals surface area contributed by atoms with E-state index in [4.69, 9.17) is 5.73 Å². The van der Waals surface area contributed by atoms with Crippen molar-refractivity contribution >= 4 is 11.7 Å². The molecule has 0 radical (unpaired) electrons. The number of nitrogens with zero attached hydrogens (tertiary/aromatic N) is 3. The van der Waals surface area contributed by atoms with Gasteiger partial charge in [0.05, 0.1) is 0 Å². The highest BCUT2D eigenvalue weighted by atomic mass is 16.6. The lowest BCUT2D eigenvalue weighted by molar-refractivity contribution is 0.0719. The van der Waals surface area contributed by atoms with Gasteiger partial charge in [-0.3, -0.25) is 4.79 Å². The number of anilines is 1. The summed E-state index contributed by atoms with van der Waals surface area (Å²) in [6.07, 6.45) is 3.04. The second-order valence-electron chi connectivity index (χ2n) is 5.33. The van der Waals surface area contributed by atoms with Crippen LogP contribution in [0.1, 0.15) is 41.4 Å². The number of hydrogen-bond acceptors (Lipinski definition) is 5. The maximum absolute atomic E-state index is 12.5. The summed E-state index contributed by atoms with van der Waals surface area (Å²) in [5.74, 6) is -0.164. The number of rotatable bonds is 5. The van der Waals surface area contributed by atoms with Gasteiger partial charge in [0.25, 0.3) is 5.91 Å². The van der Waals surface area contributed by atoms with E-state index in [2.05, 4.69) is 46.1 Å². The molecule has 2 aromatic rings. The summed E-state index contributed by atoms with van der Waals surface area (Å²) in [5.41, 5.74) is 8.10. The third kappa shape index (κ3) is 2.89. The van der Waals surface area contributed by atoms with Gasteiger partial charge in [-0.25, -0.2) is 4.63 Å². The Balaban J connectivity index is 1.78. The van der Waals surface area contributed by atoms with Crippen LogP contribution in [0.2, 0.25) is 0 Å². The number of nitrogens with two attached hydrogens (primary N) is 1. The summed E-state index contributed by atoms with van der Waals surface area (Å²) >= 11 is 0. The molecule has 1 aliphatic rings. The van der Waals surface area contributed by atoms with Crippen LogP contribution < -0.4 is 5.73 Å². The quantitative estimate of drug-likeness (QED) is 0.908. The molecule has 1 aliphatic carbocycles. The minimum Gasteiger partial charge on any atom is -0.379 e. The van der Waals surface area contributed by atoms with Crippen molar-refractivity contribution in [2.24, 2.45) is 0 Å². The molecule has 21 heavy (non-hydrogen) atoms. The molecule has 6 nitrogen and oxygen atoms in total. The molecule has 0 saturated heterocycles. The predicted octanol–water partition coefficient (Wildman–Crippen LogP) is 2.02. The molecule has 110 valence electrons. The maximum atomic E-state index is 12.5. The summed E-state index contributed by atoms with van der Waals surface area (Å²) in [4.78, 5) is 14.3. The summed E-state index contributed by atoms with van der Waals surface area (Å²) in [6, 6.07) is 8.57. The Kier molecular flexibility index (Phi) is 3.60. The van der Waals surface area contributed by atoms with Gasteiger partial charge >= 0.3 is 0 Å². The minimum absolute atomic E-state index is 0.0481. The third-order valence-electron chi connectivity index (χ3n) is 3.75. The molecule has 1 saturated carbocycles. The molecule has 2 N–H and O–H groups in total. The molecule has 0 unspecified atom stereocenters. The second-order valence-corrected chi connectivity index (χ2v) is 5.33. The van der Waals surface area contributed by atoms with Crippen LogP contribution in [0.15, 0.2) is 28.9 Å². The first-order chi connectivity index (χ1) is 10.2. The molecular weight excluding hydrogens is 268 g/mol. The highest BCUT2D eigenvalue weighted by Crippen LogP contribution is 2.30. The number of aromatic nitrogens is 2. The van der Waals surface area contributed by atoms with Crippen LogP contribution in [0.4, 0.5) is 5.82 Å². The Hall–Kier alpha value is -2.37. The van der Waals surface area contributed by atoms with Crippen LogP contribution in [0.5, 0.6) is 0 Å². The number of nitrogen functional groups attached to an aromatic ring is 1. The summed E-state index contributed by atoms with van der Waals surface area (Å²) in [5, 5.41) is 7.09. The number of carbonyl (C=O) groups is 1. The summed E-state index contributed by atoms with van der Waals surface area (Å²) < 4.78 is 4.52. The van der Waals surface area contributed by atoms with E-state index in [1.165, 1.54) is 5.56 Å². The first-order valence-corrected chi connectivity index (χ1v) is 7.16. The molecule has 1 aromatic heterocycles. The second kappa shape index (κ2) is 5.55. The average molecular weight is 286 g/mol. The van der Waals surface area contributed by atoms with Crippen molar-refractivity contribution in [2.45, 2.75) is 38.8 Å². The van der Waals surface area contributed by atoms with E-state index in [1.54, 1.807) is 4.90 Å². The Labute approximate surface area is 122 Å². The smallest absolute Gasteiger partial charge is 0.280 e. The molecule has 0 bridgehead atoms. The molecule has 0 aliphatic heterocycles. The zero-order valence-corrected chi connectivity index (χ0v) is 12.0. The first kappa shape index (κ1) is 13.6. The van der Waals surface area contributed by atoms with Crippen LogP contribution >= 0.6 is 0 Å². The first-order valence-electron chi connectivity index (χ1n) is 7.16. The van der Waals surface area contributed by atoms with E-state index in [-0.39, 0.29) is 23.5 Å². The van der Waals surface area contributed by atoms with Crippen LogP contribution in [0, 0.1) is 0 Å². The van der Waals surface area contributed by atoms with Crippen molar-refractivity contribution in [1.82, 2.24) is 15.2 Å². The average Bonchev–Trinajstić information content (AvgIpc) is 3.26. The highest BCUT2D eigenvalue weighted by Gasteiger charge is 2.35. The fraction of sp³-hybridized carbons (Fsp3) is 0.400. The lowest BCUT2D eigenvalue weighted by Gasteiger charge is -2.21. The van der Waals surface area contributed by atoms with Gasteiger partial charge in [0.2, 0.25) is 11.5 Å². The topological polar surface area (TPSA) is 85.2 Å². The van der Waals surface area contributed by atoms with Gasteiger partial charge < -0.3 is 10.6 Å². The third-order valence-corrected chi connectivity index (χ3v) is 3.75. The Morgan fingerprint density at radius 1 is 1.29 bits per heavy atom. The van der Waals surface area contributed by atoms with Gasteiger partial charge in [-0.1, -0.05) is 31.2 Å².